The van der Waals surface area contributed by atoms with Crippen molar-refractivity contribution in [2.75, 3.05) is 73.8 Å². The lowest BCUT2D eigenvalue weighted by Crippen LogP contribution is -2.48. The molecule has 1 aromatic carbocycles. The van der Waals surface area contributed by atoms with Gasteiger partial charge in [-0.05, 0) is 12.1 Å². The third-order valence-electron chi connectivity index (χ3n) is 6.23. The summed E-state index contributed by atoms with van der Waals surface area (Å²) < 4.78 is 52.1. The van der Waals surface area contributed by atoms with E-state index in [1.165, 1.54) is 16.8 Å². The number of nitrogens with two attached hydrogens (primary N) is 1. The van der Waals surface area contributed by atoms with E-state index in [1.807, 2.05) is 4.90 Å². The summed E-state index contributed by atoms with van der Waals surface area (Å²) in [6.07, 6.45) is 3.66. The van der Waals surface area contributed by atoms with Gasteiger partial charge in [0.25, 0.3) is 5.78 Å². The van der Waals surface area contributed by atoms with Crippen LogP contribution in [0.4, 0.5) is 26.4 Å². The molecular weight excluding hydrogens is 532 g/mol. The normalized spacial score (nSPS) is 15.1. The van der Waals surface area contributed by atoms with Crippen molar-refractivity contribution >= 4 is 34.5 Å². The minimum atomic E-state index is -0.942. The van der Waals surface area contributed by atoms with Gasteiger partial charge in [-0.25, -0.2) is 8.78 Å². The maximum absolute atomic E-state index is 14.6. The fraction of sp³-hybridized carbons (Fsp3) is 0.417. The maximum atomic E-state index is 14.6. The van der Waals surface area contributed by atoms with Crippen molar-refractivity contribution in [2.45, 2.75) is 6.42 Å². The molecule has 1 atom stereocenters. The molecule has 4 heterocycles. The number of furan rings is 1. The van der Waals surface area contributed by atoms with Crippen LogP contribution in [0.1, 0.15) is 6.42 Å². The molecule has 12 nitrogen and oxygen atoms in total. The predicted octanol–water partition coefficient (Wildman–Crippen LogP) is 2.02. The summed E-state index contributed by atoms with van der Waals surface area (Å²) in [5, 5.41) is 7.44. The highest BCUT2D eigenvalue weighted by atomic mass is 32.2. The number of nitrogens with one attached hydrogen (secondary N) is 1. The molecule has 0 aliphatic carbocycles. The number of anilines is 3. The molecule has 5 rings (SSSR count). The van der Waals surface area contributed by atoms with Gasteiger partial charge in [-0.1, -0.05) is 11.2 Å². The molecule has 0 radical (unpaired) electrons. The highest BCUT2D eigenvalue weighted by Gasteiger charge is 2.22. The zero-order chi connectivity index (χ0) is 27.4. The number of hydrogen-bond donors (Lipinski definition) is 2. The number of fused-ring (bicyclic) bond motifs is 1. The number of nitrogen functional groups attached to an aromatic ring is 1. The number of benzene rings is 1. The van der Waals surface area contributed by atoms with E-state index < -0.39 is 22.8 Å². The second kappa shape index (κ2) is 12.0. The van der Waals surface area contributed by atoms with Gasteiger partial charge < -0.3 is 29.7 Å². The van der Waals surface area contributed by atoms with Crippen LogP contribution in [0, 0.1) is 11.6 Å². The van der Waals surface area contributed by atoms with Crippen molar-refractivity contribution < 1.29 is 22.5 Å². The van der Waals surface area contributed by atoms with Gasteiger partial charge in [-0.15, -0.1) is 5.10 Å². The van der Waals surface area contributed by atoms with Crippen LogP contribution >= 0.6 is 0 Å². The average Bonchev–Trinajstić information content (AvgIpc) is 3.59. The third-order valence-corrected chi connectivity index (χ3v) is 7.10. The summed E-state index contributed by atoms with van der Waals surface area (Å²) in [7, 11) is 0. The molecule has 0 unspecified atom stereocenters. The zero-order valence-electron chi connectivity index (χ0n) is 21.3. The summed E-state index contributed by atoms with van der Waals surface area (Å²) in [6, 6.07) is 5.75. The van der Waals surface area contributed by atoms with Crippen molar-refractivity contribution in [2.24, 2.45) is 0 Å². The van der Waals surface area contributed by atoms with E-state index >= 15 is 0 Å². The lowest BCUT2D eigenvalue weighted by molar-refractivity contribution is 0.266. The maximum Gasteiger partial charge on any atom is 0.259 e. The summed E-state index contributed by atoms with van der Waals surface area (Å²) >= 11 is -0.942. The first-order valence-electron chi connectivity index (χ1n) is 12.4. The molecule has 39 heavy (non-hydrogen) atoms. The van der Waals surface area contributed by atoms with Crippen molar-refractivity contribution in [1.82, 2.24) is 29.5 Å². The number of piperazine rings is 1. The second-order valence-electron chi connectivity index (χ2n) is 9.00. The summed E-state index contributed by atoms with van der Waals surface area (Å²) in [5.74, 6) is 0.740. The van der Waals surface area contributed by atoms with Gasteiger partial charge in [0.2, 0.25) is 17.7 Å². The summed E-state index contributed by atoms with van der Waals surface area (Å²) in [4.78, 5) is 17.1. The summed E-state index contributed by atoms with van der Waals surface area (Å²) in [6.45, 7) is 3.99. The molecule has 0 amide bonds. The van der Waals surface area contributed by atoms with E-state index in [9.17, 15) is 13.3 Å². The predicted molar refractivity (Wildman–Crippen MR) is 143 cm³/mol. The average molecular weight is 562 g/mol. The minimum Gasteiger partial charge on any atom is -0.617 e. The molecule has 4 aromatic rings. The number of hydrogen-bond acceptors (Lipinski definition) is 11. The first-order valence-corrected chi connectivity index (χ1v) is 14.2. The van der Waals surface area contributed by atoms with Gasteiger partial charge in [-0.3, -0.25) is 4.90 Å². The van der Waals surface area contributed by atoms with Crippen molar-refractivity contribution in [3.63, 3.8) is 0 Å². The van der Waals surface area contributed by atoms with Crippen LogP contribution in [0.15, 0.2) is 34.9 Å². The van der Waals surface area contributed by atoms with Crippen molar-refractivity contribution in [1.29, 1.82) is 0 Å². The minimum absolute atomic E-state index is 0.000105. The second-order valence-corrected chi connectivity index (χ2v) is 10.6. The molecular formula is C24H29F2N9O3S. The van der Waals surface area contributed by atoms with E-state index in [0.717, 1.165) is 6.07 Å². The van der Waals surface area contributed by atoms with Crippen LogP contribution in [0.2, 0.25) is 0 Å². The fourth-order valence-electron chi connectivity index (χ4n) is 4.25. The number of rotatable bonds is 11. The zero-order valence-corrected chi connectivity index (χ0v) is 22.2. The van der Waals surface area contributed by atoms with Crippen molar-refractivity contribution in [3.05, 3.63) is 42.2 Å². The van der Waals surface area contributed by atoms with Crippen molar-refractivity contribution in [3.8, 4) is 17.3 Å². The molecule has 1 aliphatic rings. The van der Waals surface area contributed by atoms with Gasteiger partial charge in [0, 0.05) is 57.8 Å². The topological polar surface area (TPSA) is 146 Å². The Labute approximate surface area is 226 Å². The van der Waals surface area contributed by atoms with Crippen LogP contribution in [0.5, 0.6) is 5.75 Å². The Kier molecular flexibility index (Phi) is 8.28. The molecule has 3 aromatic heterocycles. The molecule has 0 saturated carbocycles. The fourth-order valence-corrected chi connectivity index (χ4v) is 4.77. The lowest BCUT2D eigenvalue weighted by Gasteiger charge is -2.36. The molecule has 1 fully saturated rings. The Hall–Kier alpha value is -3.69. The van der Waals surface area contributed by atoms with E-state index in [4.69, 9.17) is 14.9 Å². The van der Waals surface area contributed by atoms with E-state index in [-0.39, 0.29) is 18.3 Å². The highest BCUT2D eigenvalue weighted by molar-refractivity contribution is 7.90. The standard InChI is InChI=1S/C24H29F2N9O3S/c1-39(36)13-3-12-38-20-15-18(16(25)14-17(20)26)34-9-7-33(8-10-34)6-5-28-23-30-22(27)35-24(31-23)29-21(32-35)19-4-2-11-37-19/h2,4,11,14-15H,3,5-10,12-13H2,1H3,(H3,27,28,29,30,31,32)/t39-/m0/s1. The van der Waals surface area contributed by atoms with Gasteiger partial charge in [0.1, 0.15) is 11.6 Å². The van der Waals surface area contributed by atoms with Crippen LogP contribution in [-0.4, -0.2) is 91.9 Å². The Balaban J connectivity index is 1.12. The number of aromatic nitrogens is 5. The molecule has 0 bridgehead atoms. The van der Waals surface area contributed by atoms with Crippen LogP contribution in [-0.2, 0) is 11.2 Å². The quantitative estimate of drug-likeness (QED) is 0.205. The van der Waals surface area contributed by atoms with E-state index in [2.05, 4.69) is 30.3 Å². The Morgan fingerprint density at radius 1 is 1.15 bits per heavy atom. The Morgan fingerprint density at radius 3 is 2.72 bits per heavy atom. The van der Waals surface area contributed by atoms with Gasteiger partial charge in [0.15, 0.2) is 17.3 Å². The monoisotopic (exact) mass is 561 g/mol. The largest absolute Gasteiger partial charge is 0.617 e. The van der Waals surface area contributed by atoms with Crippen LogP contribution in [0.3, 0.4) is 0 Å². The smallest absolute Gasteiger partial charge is 0.259 e. The SMILES string of the molecule is C[S@+]([O-])CCCOc1cc(N2CCN(CCNc3nc(N)n4nc(-c5ccco5)nc4n3)CC2)c(F)cc1F. The molecule has 208 valence electrons. The Bertz CT molecular complexity index is 1400. The summed E-state index contributed by atoms with van der Waals surface area (Å²) in [5.41, 5.74) is 6.34. The van der Waals surface area contributed by atoms with Crippen LogP contribution in [0.25, 0.3) is 17.4 Å². The molecule has 0 spiro atoms. The number of ether oxygens (including phenoxy) is 1. The van der Waals surface area contributed by atoms with Crippen LogP contribution < -0.4 is 20.7 Å². The van der Waals surface area contributed by atoms with Gasteiger partial charge >= 0.3 is 0 Å². The van der Waals surface area contributed by atoms with E-state index in [0.29, 0.717) is 80.4 Å². The highest BCUT2D eigenvalue weighted by Crippen LogP contribution is 2.29. The molecule has 1 aliphatic heterocycles. The first kappa shape index (κ1) is 26.9. The molecule has 15 heteroatoms. The molecule has 3 N–H and O–H groups in total. The van der Waals surface area contributed by atoms with E-state index in [1.54, 1.807) is 18.4 Å². The molecule has 1 saturated heterocycles. The number of halogens is 2. The third kappa shape index (κ3) is 6.49. The van der Waals surface area contributed by atoms with Gasteiger partial charge in [0.05, 0.1) is 24.8 Å². The van der Waals surface area contributed by atoms with Gasteiger partial charge in [-0.2, -0.15) is 19.5 Å². The Morgan fingerprint density at radius 2 is 1.97 bits per heavy atom. The number of nitrogens with zero attached hydrogens (tertiary/aromatic N) is 7. The first-order chi connectivity index (χ1) is 18.9. The lowest BCUT2D eigenvalue weighted by atomic mass is 10.2.